The van der Waals surface area contributed by atoms with Crippen molar-refractivity contribution in [2.24, 2.45) is 4.99 Å². The molecule has 2 aliphatic rings. The fraction of sp³-hybridized carbons (Fsp3) is 0.391. The summed E-state index contributed by atoms with van der Waals surface area (Å²) in [7, 11) is 3.29. The highest BCUT2D eigenvalue weighted by Gasteiger charge is 2.37. The third-order valence-corrected chi connectivity index (χ3v) is 6.41. The van der Waals surface area contributed by atoms with E-state index in [0.717, 1.165) is 41.1 Å². The SMILES string of the molecule is COc1ccc(CC2(c3nc(Cl)nc4c3ncn4C3CCCC3)C=CC=N2)c(OC)c1. The van der Waals surface area contributed by atoms with Gasteiger partial charge in [0.1, 0.15) is 28.2 Å². The zero-order valence-corrected chi connectivity index (χ0v) is 18.3. The number of methoxy groups -OCH3 is 2. The van der Waals surface area contributed by atoms with E-state index < -0.39 is 5.54 Å². The lowest BCUT2D eigenvalue weighted by atomic mass is 9.87. The summed E-state index contributed by atoms with van der Waals surface area (Å²) in [6.07, 6.45) is 12.9. The summed E-state index contributed by atoms with van der Waals surface area (Å²) in [4.78, 5) is 18.7. The molecule has 0 N–H and O–H groups in total. The Morgan fingerprint density at radius 1 is 1.16 bits per heavy atom. The average molecular weight is 438 g/mol. The minimum atomic E-state index is -0.735. The molecule has 0 amide bonds. The number of imidazole rings is 1. The first kappa shape index (κ1) is 20.0. The highest BCUT2D eigenvalue weighted by Crippen LogP contribution is 2.40. The molecular weight excluding hydrogens is 414 g/mol. The first-order valence-electron chi connectivity index (χ1n) is 10.5. The topological polar surface area (TPSA) is 74.4 Å². The lowest BCUT2D eigenvalue weighted by molar-refractivity contribution is 0.388. The van der Waals surface area contributed by atoms with Crippen molar-refractivity contribution in [2.45, 2.75) is 43.7 Å². The summed E-state index contributed by atoms with van der Waals surface area (Å²) in [5.41, 5.74) is 2.49. The molecule has 0 bridgehead atoms. The Morgan fingerprint density at radius 3 is 2.71 bits per heavy atom. The van der Waals surface area contributed by atoms with Gasteiger partial charge in [0.05, 0.1) is 20.5 Å². The summed E-state index contributed by atoms with van der Waals surface area (Å²) in [5.74, 6) is 1.48. The van der Waals surface area contributed by atoms with Gasteiger partial charge < -0.3 is 14.0 Å². The molecule has 2 aromatic heterocycles. The van der Waals surface area contributed by atoms with Gasteiger partial charge in [-0.15, -0.1) is 0 Å². The van der Waals surface area contributed by atoms with Gasteiger partial charge in [0.15, 0.2) is 5.65 Å². The highest BCUT2D eigenvalue weighted by molar-refractivity contribution is 6.28. The number of fused-ring (bicyclic) bond motifs is 1. The number of allylic oxidation sites excluding steroid dienone is 1. The van der Waals surface area contributed by atoms with Crippen LogP contribution in [0.1, 0.15) is 43.0 Å². The van der Waals surface area contributed by atoms with E-state index in [-0.39, 0.29) is 5.28 Å². The van der Waals surface area contributed by atoms with Crippen LogP contribution in [0, 0.1) is 0 Å². The first-order chi connectivity index (χ1) is 15.1. The molecule has 3 aromatic rings. The van der Waals surface area contributed by atoms with Crippen LogP contribution in [0.4, 0.5) is 0 Å². The standard InChI is InChI=1S/C23H24ClN5O2/c1-30-17-9-8-15(18(12-17)31-2)13-23(10-5-11-26-23)20-19-21(28-22(24)27-20)29(14-25-19)16-6-3-4-7-16/h5,8-12,14,16H,3-4,6-7,13H2,1-2H3. The summed E-state index contributed by atoms with van der Waals surface area (Å²) in [6.45, 7) is 0. The van der Waals surface area contributed by atoms with E-state index in [9.17, 15) is 0 Å². The predicted octanol–water partition coefficient (Wildman–Crippen LogP) is 4.69. The highest BCUT2D eigenvalue weighted by atomic mass is 35.5. The second-order valence-corrected chi connectivity index (χ2v) is 8.36. The molecule has 1 aromatic carbocycles. The van der Waals surface area contributed by atoms with E-state index in [2.05, 4.69) is 14.5 Å². The molecule has 1 saturated carbocycles. The van der Waals surface area contributed by atoms with Gasteiger partial charge in [-0.2, -0.15) is 4.98 Å². The van der Waals surface area contributed by atoms with Crippen LogP contribution in [-0.2, 0) is 12.0 Å². The summed E-state index contributed by atoms with van der Waals surface area (Å²) < 4.78 is 13.1. The maximum absolute atomic E-state index is 6.42. The van der Waals surface area contributed by atoms with E-state index >= 15 is 0 Å². The number of aliphatic imine (C=N–C) groups is 1. The maximum Gasteiger partial charge on any atom is 0.224 e. The first-order valence-corrected chi connectivity index (χ1v) is 10.9. The maximum atomic E-state index is 6.42. The molecule has 1 aliphatic carbocycles. The van der Waals surface area contributed by atoms with Crippen molar-refractivity contribution in [3.8, 4) is 11.5 Å². The predicted molar refractivity (Wildman–Crippen MR) is 120 cm³/mol. The second kappa shape index (κ2) is 7.96. The molecule has 0 saturated heterocycles. The smallest absolute Gasteiger partial charge is 0.224 e. The van der Waals surface area contributed by atoms with Gasteiger partial charge in [0, 0.05) is 24.7 Å². The molecule has 0 radical (unpaired) electrons. The minimum absolute atomic E-state index is 0.207. The fourth-order valence-corrected chi connectivity index (χ4v) is 4.84. The van der Waals surface area contributed by atoms with Crippen LogP contribution in [-0.4, -0.2) is 40.0 Å². The molecule has 160 valence electrons. The Kier molecular flexibility index (Phi) is 5.14. The summed E-state index contributed by atoms with van der Waals surface area (Å²) in [5, 5.41) is 0.207. The van der Waals surface area contributed by atoms with E-state index in [1.54, 1.807) is 20.4 Å². The number of benzene rings is 1. The quantitative estimate of drug-likeness (QED) is 0.523. The van der Waals surface area contributed by atoms with E-state index in [4.69, 9.17) is 31.1 Å². The molecule has 1 fully saturated rings. The van der Waals surface area contributed by atoms with Crippen LogP contribution in [0.15, 0.2) is 41.7 Å². The largest absolute Gasteiger partial charge is 0.497 e. The molecule has 3 heterocycles. The monoisotopic (exact) mass is 437 g/mol. The Labute approximate surface area is 185 Å². The molecule has 1 aliphatic heterocycles. The van der Waals surface area contributed by atoms with E-state index in [1.807, 2.05) is 36.7 Å². The Hall–Kier alpha value is -2.93. The van der Waals surface area contributed by atoms with Crippen LogP contribution in [0.2, 0.25) is 5.28 Å². The van der Waals surface area contributed by atoms with E-state index in [1.165, 1.54) is 12.8 Å². The Morgan fingerprint density at radius 2 is 2.00 bits per heavy atom. The van der Waals surface area contributed by atoms with Crippen molar-refractivity contribution in [1.82, 2.24) is 19.5 Å². The van der Waals surface area contributed by atoms with Gasteiger partial charge in [0.25, 0.3) is 0 Å². The molecule has 1 unspecified atom stereocenters. The van der Waals surface area contributed by atoms with Crippen LogP contribution >= 0.6 is 11.6 Å². The van der Waals surface area contributed by atoms with Gasteiger partial charge in [-0.3, -0.25) is 4.99 Å². The van der Waals surface area contributed by atoms with Crippen LogP contribution in [0.3, 0.4) is 0 Å². The van der Waals surface area contributed by atoms with Crippen molar-refractivity contribution in [3.05, 3.63) is 53.2 Å². The lowest BCUT2D eigenvalue weighted by Crippen LogP contribution is -2.25. The van der Waals surface area contributed by atoms with Crippen LogP contribution in [0.25, 0.3) is 11.2 Å². The van der Waals surface area contributed by atoms with Crippen molar-refractivity contribution >= 4 is 29.0 Å². The number of nitrogens with zero attached hydrogens (tertiary/aromatic N) is 5. The summed E-state index contributed by atoms with van der Waals surface area (Å²) in [6, 6.07) is 6.20. The average Bonchev–Trinajstić information content (AvgIpc) is 3.54. The van der Waals surface area contributed by atoms with Crippen molar-refractivity contribution in [2.75, 3.05) is 14.2 Å². The zero-order chi connectivity index (χ0) is 21.4. The summed E-state index contributed by atoms with van der Waals surface area (Å²) >= 11 is 6.42. The zero-order valence-electron chi connectivity index (χ0n) is 17.6. The van der Waals surface area contributed by atoms with Crippen molar-refractivity contribution in [3.63, 3.8) is 0 Å². The molecule has 1 atom stereocenters. The number of aromatic nitrogens is 4. The molecule has 31 heavy (non-hydrogen) atoms. The van der Waals surface area contributed by atoms with Gasteiger partial charge in [-0.1, -0.05) is 18.9 Å². The fourth-order valence-electron chi connectivity index (χ4n) is 4.68. The van der Waals surface area contributed by atoms with Crippen molar-refractivity contribution in [1.29, 1.82) is 0 Å². The normalized spacial score (nSPS) is 20.7. The Bertz CT molecular complexity index is 1170. The lowest BCUT2D eigenvalue weighted by Gasteiger charge is -2.25. The van der Waals surface area contributed by atoms with Crippen LogP contribution < -0.4 is 9.47 Å². The van der Waals surface area contributed by atoms with Gasteiger partial charge >= 0.3 is 0 Å². The molecule has 0 spiro atoms. The number of hydrogen-bond donors (Lipinski definition) is 0. The molecule has 8 heteroatoms. The van der Waals surface area contributed by atoms with Gasteiger partial charge in [-0.05, 0) is 48.2 Å². The second-order valence-electron chi connectivity index (χ2n) is 8.02. The third-order valence-electron chi connectivity index (χ3n) is 6.24. The van der Waals surface area contributed by atoms with Gasteiger partial charge in [-0.25, -0.2) is 9.97 Å². The van der Waals surface area contributed by atoms with Gasteiger partial charge in [0.2, 0.25) is 5.28 Å². The number of rotatable bonds is 6. The molecular formula is C23H24ClN5O2. The third kappa shape index (κ3) is 3.47. The number of hydrogen-bond acceptors (Lipinski definition) is 6. The van der Waals surface area contributed by atoms with E-state index in [0.29, 0.717) is 18.2 Å². The minimum Gasteiger partial charge on any atom is -0.497 e. The number of ether oxygens (including phenoxy) is 2. The number of halogens is 1. The molecule has 5 rings (SSSR count). The molecule has 7 nitrogen and oxygen atoms in total. The van der Waals surface area contributed by atoms with Crippen LogP contribution in [0.5, 0.6) is 11.5 Å². The Balaban J connectivity index is 1.63. The van der Waals surface area contributed by atoms with Crippen molar-refractivity contribution < 1.29 is 9.47 Å².